The number of piperidine rings is 1. The highest BCUT2D eigenvalue weighted by Crippen LogP contribution is 2.35. The average Bonchev–Trinajstić information content (AvgIpc) is 3.81. The monoisotopic (exact) mass is 886 g/mol. The largest absolute Gasteiger partial charge is 0.505 e. The maximum atomic E-state index is 14.0. The minimum absolute atomic E-state index is 0.00660. The summed E-state index contributed by atoms with van der Waals surface area (Å²) in [5.41, 5.74) is 14.7. The molecule has 3 saturated heterocycles. The van der Waals surface area contributed by atoms with E-state index in [0.29, 0.717) is 53.8 Å². The lowest BCUT2D eigenvalue weighted by Crippen LogP contribution is -2.60. The van der Waals surface area contributed by atoms with Crippen LogP contribution in [-0.4, -0.2) is 97.5 Å². The molecule has 0 radical (unpaired) electrons. The van der Waals surface area contributed by atoms with E-state index in [0.717, 1.165) is 55.2 Å². The highest BCUT2D eigenvalue weighted by molar-refractivity contribution is 7.65. The van der Waals surface area contributed by atoms with E-state index in [4.69, 9.17) is 11.5 Å². The van der Waals surface area contributed by atoms with Gasteiger partial charge in [-0.3, -0.25) is 48.0 Å². The Balaban J connectivity index is 0.903. The summed E-state index contributed by atoms with van der Waals surface area (Å²) in [5, 5.41) is 7.86. The van der Waals surface area contributed by atoms with Crippen LogP contribution in [0.25, 0.3) is 11.0 Å². The van der Waals surface area contributed by atoms with Crippen molar-refractivity contribution < 1.29 is 37.8 Å². The van der Waals surface area contributed by atoms with Gasteiger partial charge in [0.25, 0.3) is 4.90 Å². The fourth-order valence-electron chi connectivity index (χ4n) is 9.78. The number of nitrogens with zero attached hydrogens (tertiary/aromatic N) is 4. The number of rotatable bonds is 14. The van der Waals surface area contributed by atoms with Gasteiger partial charge in [-0.2, -0.15) is 0 Å². The number of imidazole rings is 1. The highest BCUT2D eigenvalue weighted by atomic mass is 32.1. The van der Waals surface area contributed by atoms with Gasteiger partial charge in [0.1, 0.15) is 24.2 Å². The fraction of sp³-hybridized carbons (Fsp3) is 0.545. The van der Waals surface area contributed by atoms with E-state index in [9.17, 15) is 42.6 Å². The molecule has 2 aromatic carbocycles. The predicted molar refractivity (Wildman–Crippen MR) is 230 cm³/mol. The number of fused-ring (bicyclic) bond motifs is 2. The van der Waals surface area contributed by atoms with Gasteiger partial charge in [-0.1, -0.05) is 18.2 Å². The summed E-state index contributed by atoms with van der Waals surface area (Å²) in [5.74, 6) is -2.68. The number of nitrogens with one attached hydrogen (secondary N) is 3. The molecule has 4 fully saturated rings. The molecule has 1 saturated carbocycles. The Hall–Kier alpha value is -5.82. The Kier molecular flexibility index (Phi) is 14.1. The van der Waals surface area contributed by atoms with Gasteiger partial charge in [-0.25, -0.2) is 4.79 Å². The first kappa shape index (κ1) is 45.2. The van der Waals surface area contributed by atoms with Crippen molar-refractivity contribution in [3.63, 3.8) is 0 Å². The molecule has 5 atom stereocenters. The van der Waals surface area contributed by atoms with Crippen molar-refractivity contribution in [2.45, 2.75) is 125 Å². The van der Waals surface area contributed by atoms with Crippen LogP contribution in [0.5, 0.6) is 0 Å². The second kappa shape index (κ2) is 19.7. The number of benzene rings is 2. The lowest BCUT2D eigenvalue weighted by Gasteiger charge is -2.39. The molecule has 4 aliphatic rings. The number of imide groups is 1. The SMILES string of the molecule is Cn1c(=O)n(C2CCC(=O)NC2=O)c2ccc(CCC3CCC(C(=O)N4CC[C@H]5CC[C@@H](C(=O)N[C@@H](CCC(N)=O)C(=O)NCc6ccc([S+]=O)cc6)N5C(=O)[C@@H](N)C4)CC3)cc21. The summed E-state index contributed by atoms with van der Waals surface area (Å²) in [6.07, 6.45) is 6.52. The third-order valence-electron chi connectivity index (χ3n) is 13.3. The highest BCUT2D eigenvalue weighted by Gasteiger charge is 2.45. The topological polar surface area (TPSA) is 258 Å². The van der Waals surface area contributed by atoms with Crippen LogP contribution in [0.4, 0.5) is 0 Å². The van der Waals surface area contributed by atoms with Crippen molar-refractivity contribution in [3.8, 4) is 0 Å². The van der Waals surface area contributed by atoms with E-state index in [1.807, 2.05) is 18.2 Å². The normalized spacial score (nSPS) is 24.5. The van der Waals surface area contributed by atoms with Crippen LogP contribution in [0.1, 0.15) is 94.2 Å². The van der Waals surface area contributed by atoms with Crippen LogP contribution in [-0.2, 0) is 69.5 Å². The van der Waals surface area contributed by atoms with Gasteiger partial charge in [0.05, 0.1) is 11.0 Å². The van der Waals surface area contributed by atoms with Gasteiger partial charge in [-0.05, 0) is 99.8 Å². The van der Waals surface area contributed by atoms with E-state index in [1.165, 1.54) is 9.47 Å². The second-order valence-corrected chi connectivity index (χ2v) is 18.1. The zero-order valence-corrected chi connectivity index (χ0v) is 36.2. The number of hydrogen-bond acceptors (Lipinski definition) is 10. The third-order valence-corrected chi connectivity index (χ3v) is 13.8. The van der Waals surface area contributed by atoms with Gasteiger partial charge < -0.3 is 31.9 Å². The van der Waals surface area contributed by atoms with Crippen LogP contribution in [0.15, 0.2) is 52.2 Å². The lowest BCUT2D eigenvalue weighted by molar-refractivity contribution is -0.146. The molecule has 0 spiro atoms. The maximum absolute atomic E-state index is 14.0. The van der Waals surface area contributed by atoms with E-state index >= 15 is 0 Å². The number of aryl methyl sites for hydroxylation is 2. The third kappa shape index (κ3) is 10.2. The van der Waals surface area contributed by atoms with Crippen molar-refractivity contribution >= 4 is 64.1 Å². The molecule has 336 valence electrons. The Morgan fingerprint density at radius 1 is 0.905 bits per heavy atom. The van der Waals surface area contributed by atoms with Crippen LogP contribution < -0.4 is 33.1 Å². The van der Waals surface area contributed by atoms with E-state index < -0.39 is 53.7 Å². The molecule has 3 aliphatic heterocycles. The van der Waals surface area contributed by atoms with Crippen LogP contribution >= 0.6 is 0 Å². The minimum Gasteiger partial charge on any atom is -0.370 e. The maximum Gasteiger partial charge on any atom is 0.505 e. The van der Waals surface area contributed by atoms with Crippen molar-refractivity contribution in [2.24, 2.45) is 30.4 Å². The minimum atomic E-state index is -1.09. The van der Waals surface area contributed by atoms with Crippen LogP contribution in [0, 0.1) is 11.8 Å². The van der Waals surface area contributed by atoms with Crippen LogP contribution in [0.2, 0.25) is 0 Å². The quantitative estimate of drug-likeness (QED) is 0.113. The molecule has 1 aliphatic carbocycles. The number of primary amides is 1. The average molecular weight is 887 g/mol. The lowest BCUT2D eigenvalue weighted by atomic mass is 9.79. The van der Waals surface area contributed by atoms with Gasteiger partial charge in [0.15, 0.2) is 0 Å². The van der Waals surface area contributed by atoms with E-state index in [2.05, 4.69) is 16.0 Å². The Bertz CT molecular complexity index is 2340. The Morgan fingerprint density at radius 3 is 2.33 bits per heavy atom. The summed E-state index contributed by atoms with van der Waals surface area (Å²) in [6.45, 7) is 0.552. The number of carbonyl (C=O) groups is 7. The van der Waals surface area contributed by atoms with Gasteiger partial charge >= 0.3 is 17.4 Å². The first-order chi connectivity index (χ1) is 30.2. The van der Waals surface area contributed by atoms with E-state index in [1.54, 1.807) is 40.8 Å². The molecule has 7 amide bonds. The molecule has 3 aromatic rings. The Labute approximate surface area is 368 Å². The van der Waals surface area contributed by atoms with Gasteiger partial charge in [-0.15, -0.1) is 0 Å². The van der Waals surface area contributed by atoms with Crippen molar-refractivity contribution in [3.05, 3.63) is 64.1 Å². The molecule has 1 aromatic heterocycles. The summed E-state index contributed by atoms with van der Waals surface area (Å²) in [6, 6.07) is 8.48. The van der Waals surface area contributed by atoms with Crippen molar-refractivity contribution in [1.29, 1.82) is 0 Å². The number of aromatic nitrogens is 2. The number of hydrogen-bond donors (Lipinski definition) is 5. The Morgan fingerprint density at radius 2 is 1.63 bits per heavy atom. The zero-order chi connectivity index (χ0) is 44.9. The molecular formula is C44H56N9O9S+. The molecule has 18 nitrogen and oxygen atoms in total. The molecule has 63 heavy (non-hydrogen) atoms. The number of carbonyl (C=O) groups excluding carboxylic acids is 7. The standard InChI is InChI=1S/C44H55N9O9S/c1-50-36-22-26(8-15-33(36)53(44(50)61)35-17-19-38(55)49-41(35)58)3-2-25-4-9-28(10-5-25)42(59)51-21-20-29-11-16-34(52(29)43(60)31(45)24-51)40(57)48-32(14-18-37(46)54)39(56)47-23-27-6-12-30(63-62)13-7-27/h6-8,12-13,15,22,25,28-29,31-32,34-35H,2-5,9-11,14,16-21,23-24,45H2,1H3,(H4-,46,47,48,49,54,55,56,57,58)/p+1/t25?,28?,29-,31+,32+,34+,35?/m1/s1. The first-order valence-electron chi connectivity index (χ1n) is 21.9. The summed E-state index contributed by atoms with van der Waals surface area (Å²) >= 11 is 0.358. The molecule has 7 rings (SSSR count). The number of amides is 7. The summed E-state index contributed by atoms with van der Waals surface area (Å²) < 4.78 is 14.1. The molecular weight excluding hydrogens is 831 g/mol. The second-order valence-electron chi connectivity index (χ2n) is 17.4. The number of nitrogens with two attached hydrogens (primary N) is 2. The smallest absolute Gasteiger partial charge is 0.370 e. The van der Waals surface area contributed by atoms with Crippen LogP contribution in [0.3, 0.4) is 0 Å². The van der Waals surface area contributed by atoms with E-state index in [-0.39, 0.29) is 68.2 Å². The van der Waals surface area contributed by atoms with Gasteiger partial charge in [0.2, 0.25) is 41.4 Å². The molecule has 1 unspecified atom stereocenters. The fourth-order valence-corrected chi connectivity index (χ4v) is 10.0. The van der Waals surface area contributed by atoms with Gasteiger partial charge in [0, 0.05) is 67.8 Å². The zero-order valence-electron chi connectivity index (χ0n) is 35.4. The van der Waals surface area contributed by atoms with Crippen molar-refractivity contribution in [1.82, 2.24) is 34.9 Å². The summed E-state index contributed by atoms with van der Waals surface area (Å²) in [4.78, 5) is 108. The molecule has 0 bridgehead atoms. The van der Waals surface area contributed by atoms with Crippen molar-refractivity contribution in [2.75, 3.05) is 13.1 Å². The molecule has 19 heteroatoms. The summed E-state index contributed by atoms with van der Waals surface area (Å²) in [7, 11) is 1.68. The predicted octanol–water partition coefficient (Wildman–Crippen LogP) is 0.830. The molecule has 7 N–H and O–H groups in total. The first-order valence-corrected chi connectivity index (χ1v) is 22.6. The molecule has 4 heterocycles.